The molecule has 0 bridgehead atoms. The first-order valence-corrected chi connectivity index (χ1v) is 11.8. The number of carbonyl (C=O) groups excluding carboxylic acids is 2. The molecule has 4 aromatic rings. The summed E-state index contributed by atoms with van der Waals surface area (Å²) in [5, 5.41) is 3.30. The largest absolute Gasteiger partial charge is 0.478 e. The summed E-state index contributed by atoms with van der Waals surface area (Å²) in [5.41, 5.74) is 2.65. The first kappa shape index (κ1) is 25.2. The molecule has 184 valence electrons. The summed E-state index contributed by atoms with van der Waals surface area (Å²) >= 11 is 6.11. The van der Waals surface area contributed by atoms with Crippen LogP contribution in [0.1, 0.15) is 43.6 Å². The van der Waals surface area contributed by atoms with Crippen LogP contribution in [0.2, 0.25) is 5.02 Å². The van der Waals surface area contributed by atoms with Crippen LogP contribution >= 0.6 is 11.6 Å². The average Bonchev–Trinajstić information content (AvgIpc) is 2.83. The van der Waals surface area contributed by atoms with E-state index in [2.05, 4.69) is 26.1 Å². The Bertz CT molecular complexity index is 1500. The maximum Gasteiger partial charge on any atom is 0.235 e. The predicted molar refractivity (Wildman–Crippen MR) is 142 cm³/mol. The molecule has 0 saturated carbocycles. The Morgan fingerprint density at radius 1 is 0.972 bits per heavy atom. The SMILES string of the molecule is CC(=O)Nc1ccc(C(=O)COc2c(-c3ccc(C(C)(C)C)cc3)oc3ccc(Cl)cc3c2=O)cc1. The number of anilines is 1. The number of rotatable bonds is 6. The first-order chi connectivity index (χ1) is 17.0. The molecule has 0 unspecified atom stereocenters. The second kappa shape index (κ2) is 9.99. The highest BCUT2D eigenvalue weighted by Crippen LogP contribution is 2.33. The van der Waals surface area contributed by atoms with Gasteiger partial charge in [0.1, 0.15) is 5.58 Å². The van der Waals surface area contributed by atoms with E-state index >= 15 is 0 Å². The van der Waals surface area contributed by atoms with E-state index in [4.69, 9.17) is 20.8 Å². The lowest BCUT2D eigenvalue weighted by Crippen LogP contribution is -2.17. The molecule has 3 aromatic carbocycles. The smallest absolute Gasteiger partial charge is 0.235 e. The van der Waals surface area contributed by atoms with E-state index in [1.807, 2.05) is 24.3 Å². The maximum absolute atomic E-state index is 13.4. The van der Waals surface area contributed by atoms with Crippen LogP contribution in [0.15, 0.2) is 75.9 Å². The third kappa shape index (κ3) is 5.50. The Hall–Kier alpha value is -3.90. The van der Waals surface area contributed by atoms with Gasteiger partial charge in [0, 0.05) is 28.8 Å². The van der Waals surface area contributed by atoms with E-state index in [0.717, 1.165) is 5.56 Å². The molecule has 6 nitrogen and oxygen atoms in total. The fraction of sp³-hybridized carbons (Fsp3) is 0.207. The normalized spacial score (nSPS) is 11.4. The molecule has 4 rings (SSSR count). The van der Waals surface area contributed by atoms with Crippen molar-refractivity contribution in [3.63, 3.8) is 0 Å². The van der Waals surface area contributed by atoms with Crippen LogP contribution < -0.4 is 15.5 Å². The van der Waals surface area contributed by atoms with Crippen molar-refractivity contribution < 1.29 is 18.7 Å². The van der Waals surface area contributed by atoms with Gasteiger partial charge in [0.15, 0.2) is 18.2 Å². The third-order valence-electron chi connectivity index (χ3n) is 5.70. The molecule has 1 amide bonds. The maximum atomic E-state index is 13.4. The number of carbonyl (C=O) groups is 2. The van der Waals surface area contributed by atoms with Gasteiger partial charge in [0.2, 0.25) is 17.1 Å². The van der Waals surface area contributed by atoms with E-state index in [0.29, 0.717) is 27.4 Å². The summed E-state index contributed by atoms with van der Waals surface area (Å²) in [5.74, 6) is -0.354. The molecule has 0 radical (unpaired) electrons. The van der Waals surface area contributed by atoms with Crippen molar-refractivity contribution in [1.29, 1.82) is 0 Å². The number of ether oxygens (including phenoxy) is 1. The number of hydrogen-bond acceptors (Lipinski definition) is 5. The van der Waals surface area contributed by atoms with Gasteiger partial charge in [0.05, 0.1) is 5.39 Å². The van der Waals surface area contributed by atoms with Gasteiger partial charge in [-0.2, -0.15) is 0 Å². The summed E-state index contributed by atoms with van der Waals surface area (Å²) in [6.07, 6.45) is 0. The fourth-order valence-electron chi connectivity index (χ4n) is 3.76. The second-order valence-corrected chi connectivity index (χ2v) is 9.96. The summed E-state index contributed by atoms with van der Waals surface area (Å²) in [7, 11) is 0. The molecular formula is C29H26ClNO5. The van der Waals surface area contributed by atoms with Crippen molar-refractivity contribution in [2.75, 3.05) is 11.9 Å². The monoisotopic (exact) mass is 503 g/mol. The molecule has 0 fully saturated rings. The number of nitrogens with one attached hydrogen (secondary N) is 1. The lowest BCUT2D eigenvalue weighted by molar-refractivity contribution is -0.114. The molecule has 1 heterocycles. The molecule has 1 N–H and O–H groups in total. The Labute approximate surface area is 213 Å². The third-order valence-corrected chi connectivity index (χ3v) is 5.93. The van der Waals surface area contributed by atoms with Gasteiger partial charge in [-0.15, -0.1) is 0 Å². The van der Waals surface area contributed by atoms with Crippen molar-refractivity contribution in [2.45, 2.75) is 33.1 Å². The van der Waals surface area contributed by atoms with Gasteiger partial charge in [-0.05, 0) is 53.4 Å². The summed E-state index contributed by atoms with van der Waals surface area (Å²) in [4.78, 5) is 37.4. The van der Waals surface area contributed by atoms with Gasteiger partial charge >= 0.3 is 0 Å². The van der Waals surface area contributed by atoms with E-state index < -0.39 is 5.43 Å². The highest BCUT2D eigenvalue weighted by molar-refractivity contribution is 6.31. The van der Waals surface area contributed by atoms with E-state index in [1.54, 1.807) is 36.4 Å². The van der Waals surface area contributed by atoms with Crippen LogP contribution in [0.4, 0.5) is 5.69 Å². The summed E-state index contributed by atoms with van der Waals surface area (Å²) in [6.45, 7) is 7.38. The lowest BCUT2D eigenvalue weighted by Gasteiger charge is -2.19. The summed E-state index contributed by atoms with van der Waals surface area (Å²) in [6, 6.07) is 18.9. The molecule has 0 atom stereocenters. The fourth-order valence-corrected chi connectivity index (χ4v) is 3.93. The van der Waals surface area contributed by atoms with Gasteiger partial charge in [-0.1, -0.05) is 56.6 Å². The minimum atomic E-state index is -0.414. The molecule has 36 heavy (non-hydrogen) atoms. The number of Topliss-reactive ketones (excluding diaryl/α,β-unsaturated/α-hetero) is 1. The molecule has 7 heteroatoms. The predicted octanol–water partition coefficient (Wildman–Crippen LogP) is 6.63. The zero-order valence-electron chi connectivity index (χ0n) is 20.5. The van der Waals surface area contributed by atoms with Gasteiger partial charge in [0.25, 0.3) is 0 Å². The summed E-state index contributed by atoms with van der Waals surface area (Å²) < 4.78 is 11.9. The number of fused-ring (bicyclic) bond motifs is 1. The zero-order valence-corrected chi connectivity index (χ0v) is 21.2. The highest BCUT2D eigenvalue weighted by atomic mass is 35.5. The molecule has 0 aliphatic heterocycles. The highest BCUT2D eigenvalue weighted by Gasteiger charge is 2.21. The van der Waals surface area contributed by atoms with E-state index in [1.165, 1.54) is 13.0 Å². The van der Waals surface area contributed by atoms with E-state index in [-0.39, 0.29) is 40.6 Å². The quantitative estimate of drug-likeness (QED) is 0.298. The number of halogens is 1. The number of ketones is 1. The zero-order chi connectivity index (χ0) is 26.0. The second-order valence-electron chi connectivity index (χ2n) is 9.53. The van der Waals surface area contributed by atoms with Crippen molar-refractivity contribution in [3.8, 4) is 17.1 Å². The van der Waals surface area contributed by atoms with Crippen LogP contribution in [-0.4, -0.2) is 18.3 Å². The first-order valence-electron chi connectivity index (χ1n) is 11.4. The molecular weight excluding hydrogens is 478 g/mol. The number of benzene rings is 3. The Kier molecular flexibility index (Phi) is 7.00. The lowest BCUT2D eigenvalue weighted by atomic mass is 9.86. The van der Waals surface area contributed by atoms with E-state index in [9.17, 15) is 14.4 Å². The van der Waals surface area contributed by atoms with Crippen LogP contribution in [-0.2, 0) is 10.2 Å². The Morgan fingerprint density at radius 3 is 2.25 bits per heavy atom. The molecule has 0 aliphatic carbocycles. The Balaban J connectivity index is 1.70. The average molecular weight is 504 g/mol. The molecule has 0 saturated heterocycles. The Morgan fingerprint density at radius 2 is 1.64 bits per heavy atom. The minimum Gasteiger partial charge on any atom is -0.478 e. The van der Waals surface area contributed by atoms with Crippen LogP contribution in [0, 0.1) is 0 Å². The molecule has 0 spiro atoms. The van der Waals surface area contributed by atoms with Crippen molar-refractivity contribution in [3.05, 3.63) is 93.1 Å². The minimum absolute atomic E-state index is 0.0409. The molecule has 1 aromatic heterocycles. The molecule has 0 aliphatic rings. The van der Waals surface area contributed by atoms with Gasteiger partial charge < -0.3 is 14.5 Å². The van der Waals surface area contributed by atoms with Gasteiger partial charge in [-0.3, -0.25) is 14.4 Å². The number of hydrogen-bond donors (Lipinski definition) is 1. The van der Waals surface area contributed by atoms with Crippen molar-refractivity contribution >= 4 is 39.9 Å². The van der Waals surface area contributed by atoms with Gasteiger partial charge in [-0.25, -0.2) is 0 Å². The number of amides is 1. The van der Waals surface area contributed by atoms with Crippen LogP contribution in [0.3, 0.4) is 0 Å². The standard InChI is InChI=1S/C29H26ClNO5/c1-17(32)31-22-12-7-18(8-13-22)24(33)16-35-28-26(34)23-15-21(30)11-14-25(23)36-27(28)19-5-9-20(10-6-19)29(2,3)4/h5-15H,16H2,1-4H3,(H,31,32). The van der Waals surface area contributed by atoms with Crippen LogP contribution in [0.5, 0.6) is 5.75 Å². The topological polar surface area (TPSA) is 85.6 Å². The van der Waals surface area contributed by atoms with Crippen molar-refractivity contribution in [2.24, 2.45) is 0 Å². The van der Waals surface area contributed by atoms with Crippen LogP contribution in [0.25, 0.3) is 22.3 Å². The van der Waals surface area contributed by atoms with Crippen molar-refractivity contribution in [1.82, 2.24) is 0 Å².